The van der Waals surface area contributed by atoms with Crippen LogP contribution in [0.15, 0.2) is 66.5 Å². The van der Waals surface area contributed by atoms with Crippen LogP contribution < -0.4 is 15.4 Å². The number of ether oxygens (including phenoxy) is 1. The molecule has 9 heteroatoms. The molecule has 166 valence electrons. The summed E-state index contributed by atoms with van der Waals surface area (Å²) in [6, 6.07) is 1.65. The molecular weight excluding hydrogens is 429 g/mol. The van der Waals surface area contributed by atoms with Crippen molar-refractivity contribution in [1.82, 2.24) is 25.8 Å². The first-order chi connectivity index (χ1) is 15.3. The number of hydrogen-bond acceptors (Lipinski definition) is 5. The van der Waals surface area contributed by atoms with Gasteiger partial charge in [0.25, 0.3) is 0 Å². The molecule has 2 atom stereocenters. The van der Waals surface area contributed by atoms with Gasteiger partial charge in [-0.1, -0.05) is 31.2 Å². The number of hydrogen-bond donors (Lipinski definition) is 3. The maximum Gasteiger partial charge on any atom is 0.226 e. The number of nitrogens with zero attached hydrogens (tertiary/aromatic N) is 2. The second kappa shape index (κ2) is 8.66. The number of halogens is 1. The minimum atomic E-state index is -0.804. The summed E-state index contributed by atoms with van der Waals surface area (Å²) in [5.74, 6) is -0.147. The van der Waals surface area contributed by atoms with Crippen molar-refractivity contribution in [2.75, 3.05) is 0 Å². The summed E-state index contributed by atoms with van der Waals surface area (Å²) in [5.41, 5.74) is -0.483. The Hall–Kier alpha value is -3.33. The molecule has 2 aliphatic carbocycles. The van der Waals surface area contributed by atoms with Crippen LogP contribution >= 0.6 is 12.2 Å². The molecule has 0 bridgehead atoms. The van der Waals surface area contributed by atoms with Crippen LogP contribution in [0.25, 0.3) is 11.0 Å². The van der Waals surface area contributed by atoms with E-state index in [1.807, 2.05) is 31.2 Å². The first-order valence-corrected chi connectivity index (χ1v) is 10.7. The first-order valence-electron chi connectivity index (χ1n) is 10.3. The lowest BCUT2D eigenvalue weighted by atomic mass is 9.80. The number of amides is 1. The highest BCUT2D eigenvalue weighted by atomic mass is 32.1. The molecule has 7 nitrogen and oxygen atoms in total. The molecule has 2 heterocycles. The number of allylic oxidation sites excluding steroid dienone is 5. The highest BCUT2D eigenvalue weighted by molar-refractivity contribution is 7.80. The summed E-state index contributed by atoms with van der Waals surface area (Å²) in [6.07, 6.45) is 15.7. The molecule has 2 aromatic rings. The standard InChI is InChI=1S/C23H24FN5O2S/c1-22(8-4-3-5-9-22)13-19(30)27-21(32)28-23(2)10-6-18(16(24)12-23)31-17-7-11-25-20-15(17)14-26-29-20/h3-8,11-12,14H,9-10,13H2,1-2H3,(H,25,26,29)(H2,27,28,30,32). The van der Waals surface area contributed by atoms with Crippen LogP contribution in [0.2, 0.25) is 0 Å². The molecule has 2 aliphatic rings. The topological polar surface area (TPSA) is 91.9 Å². The van der Waals surface area contributed by atoms with Gasteiger partial charge in [0.05, 0.1) is 17.1 Å². The fourth-order valence-corrected chi connectivity index (χ4v) is 4.10. The third-order valence-corrected chi connectivity index (χ3v) is 5.68. The maximum atomic E-state index is 14.9. The van der Waals surface area contributed by atoms with E-state index < -0.39 is 11.4 Å². The zero-order valence-electron chi connectivity index (χ0n) is 17.8. The molecule has 1 amide bonds. The van der Waals surface area contributed by atoms with Crippen molar-refractivity contribution >= 4 is 34.3 Å². The van der Waals surface area contributed by atoms with Gasteiger partial charge in [0.2, 0.25) is 5.91 Å². The van der Waals surface area contributed by atoms with Crippen LogP contribution in [0.3, 0.4) is 0 Å². The van der Waals surface area contributed by atoms with Gasteiger partial charge >= 0.3 is 0 Å². The normalized spacial score (nSPS) is 24.6. The molecule has 0 saturated carbocycles. The van der Waals surface area contributed by atoms with Crippen LogP contribution in [0.4, 0.5) is 4.39 Å². The summed E-state index contributed by atoms with van der Waals surface area (Å²) in [5, 5.41) is 13.3. The van der Waals surface area contributed by atoms with Crippen molar-refractivity contribution in [3.8, 4) is 5.75 Å². The average molecular weight is 454 g/mol. The van der Waals surface area contributed by atoms with Gasteiger partial charge in [0.15, 0.2) is 22.3 Å². The van der Waals surface area contributed by atoms with E-state index in [0.717, 1.165) is 6.42 Å². The van der Waals surface area contributed by atoms with Crippen LogP contribution in [0.5, 0.6) is 5.75 Å². The molecule has 4 rings (SSSR count). The summed E-state index contributed by atoms with van der Waals surface area (Å²) in [7, 11) is 0. The predicted molar refractivity (Wildman–Crippen MR) is 124 cm³/mol. The number of fused-ring (bicyclic) bond motifs is 1. The Kier molecular flexibility index (Phi) is 5.92. The van der Waals surface area contributed by atoms with E-state index in [1.165, 1.54) is 6.08 Å². The largest absolute Gasteiger partial charge is 0.454 e. The predicted octanol–water partition coefficient (Wildman–Crippen LogP) is 4.14. The molecule has 0 aliphatic heterocycles. The number of aromatic nitrogens is 3. The van der Waals surface area contributed by atoms with Gasteiger partial charge in [-0.15, -0.1) is 0 Å². The number of pyridine rings is 1. The van der Waals surface area contributed by atoms with Gasteiger partial charge in [-0.2, -0.15) is 5.10 Å². The van der Waals surface area contributed by atoms with Crippen molar-refractivity contribution in [3.05, 3.63) is 66.5 Å². The van der Waals surface area contributed by atoms with E-state index in [9.17, 15) is 9.18 Å². The van der Waals surface area contributed by atoms with Crippen LogP contribution in [-0.2, 0) is 4.79 Å². The molecule has 0 radical (unpaired) electrons. The van der Waals surface area contributed by atoms with Gasteiger partial charge in [0, 0.05) is 12.6 Å². The lowest BCUT2D eigenvalue weighted by Gasteiger charge is -2.31. The summed E-state index contributed by atoms with van der Waals surface area (Å²) in [6.45, 7) is 3.82. The molecule has 0 aromatic carbocycles. The quantitative estimate of drug-likeness (QED) is 0.590. The number of H-pyrrole nitrogens is 1. The molecule has 2 unspecified atom stereocenters. The number of carbonyl (C=O) groups is 1. The lowest BCUT2D eigenvalue weighted by molar-refractivity contribution is -0.121. The molecule has 2 aromatic heterocycles. The molecular formula is C23H24FN5O2S. The highest BCUT2D eigenvalue weighted by Crippen LogP contribution is 2.32. The minimum absolute atomic E-state index is 0.109. The van der Waals surface area contributed by atoms with Gasteiger partial charge < -0.3 is 15.4 Å². The van der Waals surface area contributed by atoms with Crippen LogP contribution in [-0.4, -0.2) is 31.7 Å². The van der Waals surface area contributed by atoms with Crippen LogP contribution in [0.1, 0.15) is 33.1 Å². The number of aromatic amines is 1. The average Bonchev–Trinajstić information content (AvgIpc) is 3.19. The zero-order valence-corrected chi connectivity index (χ0v) is 18.6. The first kappa shape index (κ1) is 21.9. The van der Waals surface area contributed by atoms with Gasteiger partial charge in [-0.25, -0.2) is 9.37 Å². The zero-order chi connectivity index (χ0) is 22.8. The van der Waals surface area contributed by atoms with Crippen molar-refractivity contribution < 1.29 is 13.9 Å². The molecule has 0 spiro atoms. The monoisotopic (exact) mass is 453 g/mol. The van der Waals surface area contributed by atoms with Crippen molar-refractivity contribution in [3.63, 3.8) is 0 Å². The van der Waals surface area contributed by atoms with E-state index in [2.05, 4.69) is 25.8 Å². The number of nitrogens with one attached hydrogen (secondary N) is 3. The lowest BCUT2D eigenvalue weighted by Crippen LogP contribution is -2.51. The number of carbonyl (C=O) groups excluding carboxylic acids is 1. The Morgan fingerprint density at radius 1 is 1.34 bits per heavy atom. The Bertz CT molecular complexity index is 1180. The van der Waals surface area contributed by atoms with Gasteiger partial charge in [-0.05, 0) is 55.6 Å². The van der Waals surface area contributed by atoms with E-state index in [0.29, 0.717) is 29.6 Å². The minimum Gasteiger partial charge on any atom is -0.454 e. The van der Waals surface area contributed by atoms with E-state index in [4.69, 9.17) is 17.0 Å². The van der Waals surface area contributed by atoms with Crippen molar-refractivity contribution in [2.24, 2.45) is 5.41 Å². The molecule has 0 fully saturated rings. The third kappa shape index (κ3) is 4.94. The van der Waals surface area contributed by atoms with E-state index >= 15 is 0 Å². The summed E-state index contributed by atoms with van der Waals surface area (Å²) >= 11 is 5.31. The van der Waals surface area contributed by atoms with Crippen molar-refractivity contribution in [1.29, 1.82) is 0 Å². The van der Waals surface area contributed by atoms with Gasteiger partial charge in [0.1, 0.15) is 5.75 Å². The Labute approximate surface area is 190 Å². The summed E-state index contributed by atoms with van der Waals surface area (Å²) < 4.78 is 20.6. The van der Waals surface area contributed by atoms with Crippen LogP contribution in [0, 0.1) is 5.41 Å². The van der Waals surface area contributed by atoms with E-state index in [1.54, 1.807) is 31.5 Å². The van der Waals surface area contributed by atoms with Gasteiger partial charge in [-0.3, -0.25) is 9.89 Å². The summed E-state index contributed by atoms with van der Waals surface area (Å²) in [4.78, 5) is 16.6. The second-order valence-electron chi connectivity index (χ2n) is 8.55. The van der Waals surface area contributed by atoms with E-state index in [-0.39, 0.29) is 22.2 Å². The molecule has 0 saturated heterocycles. The number of rotatable bonds is 5. The maximum absolute atomic E-state index is 14.9. The highest BCUT2D eigenvalue weighted by Gasteiger charge is 2.30. The molecule has 3 N–H and O–H groups in total. The van der Waals surface area contributed by atoms with Crippen molar-refractivity contribution in [2.45, 2.75) is 38.6 Å². The second-order valence-corrected chi connectivity index (χ2v) is 8.96. The fraction of sp³-hybridized carbons (Fsp3) is 0.304. The number of thiocarbonyl (C=S) groups is 1. The SMILES string of the molecule is CC1(CC(=O)NC(=S)NC2(C)C=C(F)C(Oc3ccnc4[nH]ncc34)=CC2)C=CC=CC1. The Morgan fingerprint density at radius 2 is 2.19 bits per heavy atom. The smallest absolute Gasteiger partial charge is 0.226 e. The Balaban J connectivity index is 1.36. The third-order valence-electron chi connectivity index (χ3n) is 5.47. The Morgan fingerprint density at radius 3 is 2.94 bits per heavy atom. The molecule has 32 heavy (non-hydrogen) atoms. The fourth-order valence-electron chi connectivity index (χ4n) is 3.76.